The maximum Gasteiger partial charge on any atom is 0.0896 e. The van der Waals surface area contributed by atoms with Crippen LogP contribution in [0.4, 0.5) is 0 Å². The van der Waals surface area contributed by atoms with E-state index in [0.717, 1.165) is 13.1 Å². The highest BCUT2D eigenvalue weighted by molar-refractivity contribution is 7.07. The van der Waals surface area contributed by atoms with E-state index >= 15 is 0 Å². The van der Waals surface area contributed by atoms with Gasteiger partial charge in [0.25, 0.3) is 0 Å². The molecule has 0 spiro atoms. The van der Waals surface area contributed by atoms with Gasteiger partial charge in [-0.05, 0) is 57.1 Å². The third kappa shape index (κ3) is 3.19. The van der Waals surface area contributed by atoms with Gasteiger partial charge in [-0.15, -0.1) is 0 Å². The molecule has 1 aromatic rings. The number of aliphatic hydroxyl groups excluding tert-OH is 1. The predicted molar refractivity (Wildman–Crippen MR) is 79.4 cm³/mol. The molecule has 3 nitrogen and oxygen atoms in total. The van der Waals surface area contributed by atoms with E-state index in [9.17, 15) is 5.11 Å². The summed E-state index contributed by atoms with van der Waals surface area (Å²) in [6.45, 7) is 9.86. The fourth-order valence-corrected chi connectivity index (χ4v) is 3.75. The minimum atomic E-state index is -0.461. The van der Waals surface area contributed by atoms with Gasteiger partial charge < -0.3 is 14.7 Å². The van der Waals surface area contributed by atoms with Gasteiger partial charge in [0.15, 0.2) is 0 Å². The van der Waals surface area contributed by atoms with Crippen LogP contribution < -0.4 is 0 Å². The molecule has 2 heterocycles. The van der Waals surface area contributed by atoms with Crippen molar-refractivity contribution in [2.45, 2.75) is 51.5 Å². The van der Waals surface area contributed by atoms with Crippen LogP contribution in [0.2, 0.25) is 0 Å². The van der Waals surface area contributed by atoms with Crippen LogP contribution >= 0.6 is 11.3 Å². The quantitative estimate of drug-likeness (QED) is 0.922. The number of ether oxygens (including phenoxy) is 1. The van der Waals surface area contributed by atoms with Gasteiger partial charge in [-0.2, -0.15) is 11.3 Å². The van der Waals surface area contributed by atoms with Gasteiger partial charge in [-0.1, -0.05) is 0 Å². The maximum atomic E-state index is 10.5. The third-order valence-corrected chi connectivity index (χ3v) is 4.79. The van der Waals surface area contributed by atoms with Crippen molar-refractivity contribution in [1.29, 1.82) is 0 Å². The van der Waals surface area contributed by atoms with Crippen molar-refractivity contribution in [2.75, 3.05) is 13.6 Å². The van der Waals surface area contributed by atoms with E-state index in [2.05, 4.69) is 42.6 Å². The van der Waals surface area contributed by atoms with Gasteiger partial charge in [0.05, 0.1) is 17.3 Å². The van der Waals surface area contributed by atoms with E-state index in [0.29, 0.717) is 0 Å². The highest BCUT2D eigenvalue weighted by Crippen LogP contribution is 2.42. The zero-order chi connectivity index (χ0) is 14.3. The Balaban J connectivity index is 2.01. The number of hydrogen-bond donors (Lipinski definition) is 1. The Hall–Kier alpha value is -0.420. The second kappa shape index (κ2) is 5.17. The molecule has 0 saturated carbocycles. The van der Waals surface area contributed by atoms with Gasteiger partial charge in [-0.3, -0.25) is 0 Å². The molecule has 2 atom stereocenters. The molecule has 1 fully saturated rings. The summed E-state index contributed by atoms with van der Waals surface area (Å²) in [5, 5.41) is 14.8. The minimum Gasteiger partial charge on any atom is -0.390 e. The molecule has 1 aliphatic heterocycles. The average molecular weight is 283 g/mol. The highest BCUT2D eigenvalue weighted by Gasteiger charge is 2.53. The van der Waals surface area contributed by atoms with Crippen LogP contribution in [0.15, 0.2) is 16.8 Å². The van der Waals surface area contributed by atoms with Crippen LogP contribution in [0.25, 0.3) is 0 Å². The molecule has 4 heteroatoms. The molecule has 0 radical (unpaired) electrons. The average Bonchev–Trinajstić information content (AvgIpc) is 2.80. The first-order valence-electron chi connectivity index (χ1n) is 6.80. The van der Waals surface area contributed by atoms with E-state index in [-0.39, 0.29) is 11.5 Å². The Morgan fingerprint density at radius 3 is 2.47 bits per heavy atom. The number of aliphatic hydroxyl groups is 1. The van der Waals surface area contributed by atoms with E-state index in [1.165, 1.54) is 5.56 Å². The summed E-state index contributed by atoms with van der Waals surface area (Å²) >= 11 is 1.72. The number of nitrogens with zero attached hydrogens (tertiary/aromatic N) is 1. The molecule has 19 heavy (non-hydrogen) atoms. The van der Waals surface area contributed by atoms with Crippen molar-refractivity contribution in [3.63, 3.8) is 0 Å². The lowest BCUT2D eigenvalue weighted by molar-refractivity contribution is -0.0912. The fraction of sp³-hybridized carbons (Fsp3) is 0.733. The minimum absolute atomic E-state index is 0.131. The molecular weight excluding hydrogens is 258 g/mol. The van der Waals surface area contributed by atoms with Gasteiger partial charge in [0.2, 0.25) is 0 Å². The van der Waals surface area contributed by atoms with Crippen LogP contribution in [-0.4, -0.2) is 40.9 Å². The SMILES string of the molecule is CN(Cc1ccsc1)CC1C(O)C(C)(C)OC1(C)C. The Morgan fingerprint density at radius 2 is 2.00 bits per heavy atom. The number of rotatable bonds is 4. The third-order valence-electron chi connectivity index (χ3n) is 4.05. The number of thiophene rings is 1. The molecule has 1 N–H and O–H groups in total. The van der Waals surface area contributed by atoms with E-state index in [4.69, 9.17) is 4.74 Å². The van der Waals surface area contributed by atoms with Crippen molar-refractivity contribution >= 4 is 11.3 Å². The Morgan fingerprint density at radius 1 is 1.32 bits per heavy atom. The largest absolute Gasteiger partial charge is 0.390 e. The summed E-state index contributed by atoms with van der Waals surface area (Å²) in [6, 6.07) is 2.15. The molecule has 0 aromatic carbocycles. The van der Waals surface area contributed by atoms with Crippen LogP contribution in [0, 0.1) is 5.92 Å². The van der Waals surface area contributed by atoms with E-state index in [1.54, 1.807) is 11.3 Å². The highest BCUT2D eigenvalue weighted by atomic mass is 32.1. The number of hydrogen-bond acceptors (Lipinski definition) is 4. The molecule has 1 aliphatic rings. The lowest BCUT2D eigenvalue weighted by Crippen LogP contribution is -2.42. The summed E-state index contributed by atoms with van der Waals surface area (Å²) in [5.41, 5.74) is 0.585. The van der Waals surface area contributed by atoms with E-state index in [1.807, 2.05) is 13.8 Å². The zero-order valence-electron chi connectivity index (χ0n) is 12.5. The van der Waals surface area contributed by atoms with Crippen molar-refractivity contribution in [2.24, 2.45) is 5.92 Å². The lowest BCUT2D eigenvalue weighted by Gasteiger charge is -2.30. The smallest absolute Gasteiger partial charge is 0.0896 e. The molecule has 1 saturated heterocycles. The second-order valence-corrected chi connectivity index (χ2v) is 7.47. The summed E-state index contributed by atoms with van der Waals surface area (Å²) in [7, 11) is 2.10. The fourth-order valence-electron chi connectivity index (χ4n) is 3.09. The van der Waals surface area contributed by atoms with Crippen molar-refractivity contribution in [3.05, 3.63) is 22.4 Å². The summed E-state index contributed by atoms with van der Waals surface area (Å²) in [5.74, 6) is 0.131. The van der Waals surface area contributed by atoms with Gasteiger partial charge in [0, 0.05) is 19.0 Å². The van der Waals surface area contributed by atoms with Crippen LogP contribution in [0.1, 0.15) is 33.3 Å². The van der Waals surface area contributed by atoms with Gasteiger partial charge in [0.1, 0.15) is 0 Å². The lowest BCUT2D eigenvalue weighted by atomic mass is 9.84. The van der Waals surface area contributed by atoms with Crippen LogP contribution in [-0.2, 0) is 11.3 Å². The van der Waals surface area contributed by atoms with Crippen molar-refractivity contribution < 1.29 is 9.84 Å². The van der Waals surface area contributed by atoms with Gasteiger partial charge >= 0.3 is 0 Å². The molecular formula is C15H25NO2S. The normalized spacial score (nSPS) is 29.0. The topological polar surface area (TPSA) is 32.7 Å². The first-order chi connectivity index (χ1) is 8.72. The first kappa shape index (κ1) is 15.0. The van der Waals surface area contributed by atoms with Crippen molar-refractivity contribution in [1.82, 2.24) is 4.90 Å². The summed E-state index contributed by atoms with van der Waals surface area (Å²) < 4.78 is 6.02. The first-order valence-corrected chi connectivity index (χ1v) is 7.74. The molecule has 0 aliphatic carbocycles. The monoisotopic (exact) mass is 283 g/mol. The summed E-state index contributed by atoms with van der Waals surface area (Å²) in [4.78, 5) is 2.27. The summed E-state index contributed by atoms with van der Waals surface area (Å²) in [6.07, 6.45) is -0.424. The molecule has 108 valence electrons. The predicted octanol–water partition coefficient (Wildman–Crippen LogP) is 2.74. The standard InChI is InChI=1S/C15H25NO2S/c1-14(2)12(13(17)15(3,4)18-14)9-16(5)8-11-6-7-19-10-11/h6-7,10,12-13,17H,8-9H2,1-5H3. The molecule has 1 aromatic heterocycles. The molecule has 0 bridgehead atoms. The maximum absolute atomic E-state index is 10.5. The Labute approximate surface area is 120 Å². The Bertz CT molecular complexity index is 414. The second-order valence-electron chi connectivity index (χ2n) is 6.69. The Kier molecular flexibility index (Phi) is 4.07. The van der Waals surface area contributed by atoms with Crippen LogP contribution in [0.3, 0.4) is 0 Å². The van der Waals surface area contributed by atoms with Gasteiger partial charge in [-0.25, -0.2) is 0 Å². The molecule has 2 rings (SSSR count). The van der Waals surface area contributed by atoms with Crippen molar-refractivity contribution in [3.8, 4) is 0 Å². The van der Waals surface area contributed by atoms with Crippen LogP contribution in [0.5, 0.6) is 0 Å². The molecule has 0 amide bonds. The molecule has 2 unspecified atom stereocenters. The zero-order valence-corrected chi connectivity index (χ0v) is 13.3. The van der Waals surface area contributed by atoms with E-state index < -0.39 is 11.7 Å².